The lowest BCUT2D eigenvalue weighted by Crippen LogP contribution is -2.34. The Morgan fingerprint density at radius 3 is 2.43 bits per heavy atom. The molecule has 1 rings (SSSR count). The van der Waals surface area contributed by atoms with Gasteiger partial charge in [-0.1, -0.05) is 49.8 Å². The lowest BCUT2D eigenvalue weighted by Gasteiger charge is -2.22. The number of nitrogens with one attached hydrogen (secondary N) is 1. The fourth-order valence-corrected chi connectivity index (χ4v) is 2.59. The summed E-state index contributed by atoms with van der Waals surface area (Å²) >= 11 is 0. The molecule has 0 unspecified atom stereocenters. The van der Waals surface area contributed by atoms with Crippen molar-refractivity contribution >= 4 is 17.5 Å². The lowest BCUT2D eigenvalue weighted by atomic mass is 10.0. The first-order chi connectivity index (χ1) is 13.2. The molecule has 0 radical (unpaired) electrons. The predicted molar refractivity (Wildman–Crippen MR) is 120 cm³/mol. The smallest absolute Gasteiger partial charge is 0.408 e. The highest BCUT2D eigenvalue weighted by Gasteiger charge is 2.18. The van der Waals surface area contributed by atoms with Gasteiger partial charge in [0.05, 0.1) is 11.7 Å². The lowest BCUT2D eigenvalue weighted by molar-refractivity contribution is 0.0508. The first-order valence-electron chi connectivity index (χ1n) is 10.1. The van der Waals surface area contributed by atoms with Crippen molar-refractivity contribution in [2.45, 2.75) is 78.9 Å². The van der Waals surface area contributed by atoms with Crippen LogP contribution in [0.5, 0.6) is 0 Å². The van der Waals surface area contributed by atoms with Gasteiger partial charge in [-0.2, -0.15) is 0 Å². The number of carbonyl (C=O) groups excluding carboxylic acids is 1. The number of amides is 1. The normalized spacial score (nSPS) is 13.8. The zero-order valence-corrected chi connectivity index (χ0v) is 18.3. The van der Waals surface area contributed by atoms with E-state index in [1.54, 1.807) is 0 Å². The average Bonchev–Trinajstić information content (AvgIpc) is 2.61. The molecule has 0 heterocycles. The molecule has 1 amide bonds. The molecule has 1 aromatic rings. The van der Waals surface area contributed by atoms with Crippen LogP contribution in [0.3, 0.4) is 0 Å². The van der Waals surface area contributed by atoms with Gasteiger partial charge in [0.1, 0.15) is 5.60 Å². The molecule has 28 heavy (non-hydrogen) atoms. The zero-order chi connectivity index (χ0) is 21.2. The van der Waals surface area contributed by atoms with Gasteiger partial charge in [0.15, 0.2) is 0 Å². The Bertz CT molecular complexity index is 694. The Morgan fingerprint density at radius 1 is 1.25 bits per heavy atom. The summed E-state index contributed by atoms with van der Waals surface area (Å²) in [7, 11) is 0. The summed E-state index contributed by atoms with van der Waals surface area (Å²) in [6.07, 6.45) is 7.63. The second-order valence-electron chi connectivity index (χ2n) is 8.04. The third-order valence-corrected chi connectivity index (χ3v) is 4.09. The molecule has 154 valence electrons. The van der Waals surface area contributed by atoms with Gasteiger partial charge >= 0.3 is 6.09 Å². The van der Waals surface area contributed by atoms with Gasteiger partial charge in [-0.05, 0) is 65.0 Å². The highest BCUT2D eigenvalue weighted by Crippen LogP contribution is 2.22. The zero-order valence-electron chi connectivity index (χ0n) is 18.3. The minimum Gasteiger partial charge on any atom is -0.444 e. The summed E-state index contributed by atoms with van der Waals surface area (Å²) in [4.78, 5) is 16.8. The predicted octanol–water partition coefficient (Wildman–Crippen LogP) is 6.84. The minimum atomic E-state index is -0.506. The van der Waals surface area contributed by atoms with E-state index in [4.69, 9.17) is 9.73 Å². The van der Waals surface area contributed by atoms with Crippen molar-refractivity contribution in [2.24, 2.45) is 4.99 Å². The van der Waals surface area contributed by atoms with E-state index in [2.05, 4.69) is 44.0 Å². The van der Waals surface area contributed by atoms with Crippen LogP contribution in [-0.2, 0) is 4.74 Å². The van der Waals surface area contributed by atoms with Gasteiger partial charge in [0.25, 0.3) is 0 Å². The number of carbonyl (C=O) groups is 1. The van der Waals surface area contributed by atoms with Crippen LogP contribution in [-0.4, -0.2) is 17.4 Å². The summed E-state index contributed by atoms with van der Waals surface area (Å²) in [5.74, 6) is 0. The van der Waals surface area contributed by atoms with Crippen molar-refractivity contribution in [2.75, 3.05) is 0 Å². The van der Waals surface area contributed by atoms with E-state index in [9.17, 15) is 4.79 Å². The third-order valence-electron chi connectivity index (χ3n) is 4.09. The van der Waals surface area contributed by atoms with E-state index >= 15 is 0 Å². The SMILES string of the molecule is C=CCCC(C)=N/C(=C/CCC)c1ccc([C@H](C)NC(=O)OC(C)(C)C)cc1. The minimum absolute atomic E-state index is 0.134. The number of ether oxygens (including phenoxy) is 1. The summed E-state index contributed by atoms with van der Waals surface area (Å²) < 4.78 is 5.33. The maximum Gasteiger partial charge on any atom is 0.408 e. The standard InChI is InChI=1S/C24H36N2O2/c1-8-10-12-18(3)25-22(13-11-9-2)21-16-14-20(15-17-21)19(4)26-23(27)28-24(5,6)7/h8,13-17,19H,1,9-12H2,2-7H3,(H,26,27)/b22-13+,25-18?/t19-/m0/s1. The summed E-state index contributed by atoms with van der Waals surface area (Å²) in [5, 5.41) is 2.88. The Labute approximate surface area is 170 Å². The van der Waals surface area contributed by atoms with Crippen LogP contribution in [0.2, 0.25) is 0 Å². The average molecular weight is 385 g/mol. The molecule has 1 N–H and O–H groups in total. The van der Waals surface area contributed by atoms with Crippen LogP contribution in [0, 0.1) is 0 Å². The first kappa shape index (κ1) is 23.7. The summed E-state index contributed by atoms with van der Waals surface area (Å²) in [6, 6.07) is 8.06. The second-order valence-corrected chi connectivity index (χ2v) is 8.04. The molecule has 0 saturated carbocycles. The van der Waals surface area contributed by atoms with Crippen LogP contribution in [0.15, 0.2) is 48.0 Å². The van der Waals surface area contributed by atoms with Crippen LogP contribution in [0.1, 0.15) is 84.4 Å². The number of aliphatic imine (C=N–C) groups is 1. The molecule has 0 bridgehead atoms. The van der Waals surface area contributed by atoms with Crippen LogP contribution >= 0.6 is 0 Å². The molecule has 0 aliphatic carbocycles. The van der Waals surface area contributed by atoms with Crippen molar-refractivity contribution < 1.29 is 9.53 Å². The quantitative estimate of drug-likeness (QED) is 0.374. The number of rotatable bonds is 9. The van der Waals surface area contributed by atoms with E-state index in [1.807, 2.05) is 45.9 Å². The molecule has 1 aromatic carbocycles. The van der Waals surface area contributed by atoms with E-state index in [1.165, 1.54) is 0 Å². The van der Waals surface area contributed by atoms with E-state index in [0.29, 0.717) is 0 Å². The molecule has 0 spiro atoms. The highest BCUT2D eigenvalue weighted by atomic mass is 16.6. The number of alkyl carbamates (subject to hydrolysis) is 1. The van der Waals surface area contributed by atoms with Crippen LogP contribution in [0.4, 0.5) is 4.79 Å². The monoisotopic (exact) mass is 384 g/mol. The van der Waals surface area contributed by atoms with E-state index in [-0.39, 0.29) is 6.04 Å². The van der Waals surface area contributed by atoms with Gasteiger partial charge in [0.2, 0.25) is 0 Å². The highest BCUT2D eigenvalue weighted by molar-refractivity contribution is 5.88. The molecule has 1 atom stereocenters. The Balaban J connectivity index is 2.91. The van der Waals surface area contributed by atoms with Gasteiger partial charge in [-0.3, -0.25) is 4.99 Å². The summed E-state index contributed by atoms with van der Waals surface area (Å²) in [6.45, 7) is 15.5. The molecule has 4 nitrogen and oxygen atoms in total. The van der Waals surface area contributed by atoms with E-state index in [0.717, 1.165) is 48.2 Å². The number of benzene rings is 1. The first-order valence-corrected chi connectivity index (χ1v) is 10.1. The molecule has 4 heteroatoms. The molecule has 0 aromatic heterocycles. The van der Waals surface area contributed by atoms with Crippen molar-refractivity contribution in [3.8, 4) is 0 Å². The van der Waals surface area contributed by atoms with Gasteiger partial charge in [-0.15, -0.1) is 6.58 Å². The number of hydrogen-bond acceptors (Lipinski definition) is 3. The third kappa shape index (κ3) is 9.03. The number of allylic oxidation sites excluding steroid dienone is 2. The Morgan fingerprint density at radius 2 is 1.89 bits per heavy atom. The second kappa shape index (κ2) is 11.5. The van der Waals surface area contributed by atoms with Crippen LogP contribution in [0.25, 0.3) is 5.70 Å². The fourth-order valence-electron chi connectivity index (χ4n) is 2.59. The largest absolute Gasteiger partial charge is 0.444 e. The molecule has 0 aliphatic heterocycles. The van der Waals surface area contributed by atoms with Crippen molar-refractivity contribution in [1.82, 2.24) is 5.32 Å². The Kier molecular flexibility index (Phi) is 9.70. The van der Waals surface area contributed by atoms with Crippen LogP contribution < -0.4 is 5.32 Å². The maximum atomic E-state index is 12.0. The summed E-state index contributed by atoms with van der Waals surface area (Å²) in [5.41, 5.74) is 3.71. The van der Waals surface area contributed by atoms with Gasteiger partial charge in [0, 0.05) is 5.71 Å². The fraction of sp³-hybridized carbons (Fsp3) is 0.500. The molecular formula is C24H36N2O2. The van der Waals surface area contributed by atoms with Gasteiger partial charge in [-0.25, -0.2) is 4.79 Å². The van der Waals surface area contributed by atoms with Crippen molar-refractivity contribution in [3.05, 3.63) is 54.1 Å². The van der Waals surface area contributed by atoms with Gasteiger partial charge < -0.3 is 10.1 Å². The molecule has 0 aliphatic rings. The molecular weight excluding hydrogens is 348 g/mol. The number of nitrogens with zero attached hydrogens (tertiary/aromatic N) is 1. The van der Waals surface area contributed by atoms with Crippen molar-refractivity contribution in [3.63, 3.8) is 0 Å². The van der Waals surface area contributed by atoms with E-state index < -0.39 is 11.7 Å². The topological polar surface area (TPSA) is 50.7 Å². The number of unbranched alkanes of at least 4 members (excludes halogenated alkanes) is 1. The number of hydrogen-bond donors (Lipinski definition) is 1. The van der Waals surface area contributed by atoms with Crippen molar-refractivity contribution in [1.29, 1.82) is 0 Å². The molecule has 0 fully saturated rings. The maximum absolute atomic E-state index is 12.0. The Hall–Kier alpha value is -2.36. The molecule has 0 saturated heterocycles.